The summed E-state index contributed by atoms with van der Waals surface area (Å²) in [6.07, 6.45) is -0.584. The summed E-state index contributed by atoms with van der Waals surface area (Å²) >= 11 is 0. The van der Waals surface area contributed by atoms with Gasteiger partial charge in [-0.3, -0.25) is 24.0 Å². The second-order valence-corrected chi connectivity index (χ2v) is 5.32. The highest BCUT2D eigenvalue weighted by Crippen LogP contribution is 2.01. The van der Waals surface area contributed by atoms with Crippen LogP contribution in [-0.2, 0) is 24.0 Å². The van der Waals surface area contributed by atoms with Crippen molar-refractivity contribution in [1.29, 1.82) is 0 Å². The minimum atomic E-state index is -1.30. The SMILES string of the molecule is CC(C)C(NC(=O)CNC(=O)C(N)CC(=O)O)C(=O)NCC(=O)O. The number of carboxylic acids is 2. The zero-order valence-electron chi connectivity index (χ0n) is 13.4. The maximum Gasteiger partial charge on any atom is 0.322 e. The van der Waals surface area contributed by atoms with Crippen LogP contribution in [0.25, 0.3) is 0 Å². The van der Waals surface area contributed by atoms with Gasteiger partial charge in [-0.2, -0.15) is 0 Å². The lowest BCUT2D eigenvalue weighted by atomic mass is 10.0. The first-order chi connectivity index (χ1) is 11.0. The largest absolute Gasteiger partial charge is 0.481 e. The molecule has 0 aromatic heterocycles. The van der Waals surface area contributed by atoms with E-state index in [-0.39, 0.29) is 5.92 Å². The molecule has 0 spiro atoms. The number of nitrogens with one attached hydrogen (secondary N) is 3. The highest BCUT2D eigenvalue weighted by molar-refractivity contribution is 5.92. The second kappa shape index (κ2) is 10.2. The van der Waals surface area contributed by atoms with Crippen molar-refractivity contribution in [2.75, 3.05) is 13.1 Å². The fourth-order valence-corrected chi connectivity index (χ4v) is 1.61. The first kappa shape index (κ1) is 21.3. The van der Waals surface area contributed by atoms with Crippen molar-refractivity contribution < 1.29 is 34.2 Å². The van der Waals surface area contributed by atoms with Gasteiger partial charge in [0, 0.05) is 0 Å². The van der Waals surface area contributed by atoms with Crippen LogP contribution < -0.4 is 21.7 Å². The lowest BCUT2D eigenvalue weighted by Crippen LogP contribution is -2.53. The van der Waals surface area contributed by atoms with Crippen molar-refractivity contribution in [3.63, 3.8) is 0 Å². The molecule has 11 nitrogen and oxygen atoms in total. The third-order valence-corrected chi connectivity index (χ3v) is 2.83. The van der Waals surface area contributed by atoms with Gasteiger partial charge in [0.25, 0.3) is 0 Å². The lowest BCUT2D eigenvalue weighted by molar-refractivity contribution is -0.139. The summed E-state index contributed by atoms with van der Waals surface area (Å²) in [4.78, 5) is 56.0. The van der Waals surface area contributed by atoms with Crippen LogP contribution in [0.2, 0.25) is 0 Å². The summed E-state index contributed by atoms with van der Waals surface area (Å²) in [7, 11) is 0. The van der Waals surface area contributed by atoms with Crippen molar-refractivity contribution in [1.82, 2.24) is 16.0 Å². The van der Waals surface area contributed by atoms with Gasteiger partial charge in [-0.1, -0.05) is 13.8 Å². The molecule has 11 heteroatoms. The van der Waals surface area contributed by atoms with Crippen molar-refractivity contribution in [2.45, 2.75) is 32.4 Å². The molecule has 0 fully saturated rings. The van der Waals surface area contributed by atoms with E-state index < -0.39 is 61.3 Å². The molecular weight excluding hydrogens is 324 g/mol. The molecule has 7 N–H and O–H groups in total. The van der Waals surface area contributed by atoms with Gasteiger partial charge in [0.2, 0.25) is 17.7 Å². The van der Waals surface area contributed by atoms with E-state index in [1.54, 1.807) is 13.8 Å². The molecule has 0 aliphatic heterocycles. The summed E-state index contributed by atoms with van der Waals surface area (Å²) in [5.74, 6) is -4.99. The zero-order valence-corrected chi connectivity index (χ0v) is 13.4. The monoisotopic (exact) mass is 346 g/mol. The van der Waals surface area contributed by atoms with Crippen LogP contribution in [0.15, 0.2) is 0 Å². The fourth-order valence-electron chi connectivity index (χ4n) is 1.61. The van der Waals surface area contributed by atoms with E-state index in [4.69, 9.17) is 15.9 Å². The van der Waals surface area contributed by atoms with Crippen molar-refractivity contribution in [3.8, 4) is 0 Å². The Hall–Kier alpha value is -2.69. The molecule has 0 bridgehead atoms. The average molecular weight is 346 g/mol. The topological polar surface area (TPSA) is 188 Å². The Morgan fingerprint density at radius 3 is 1.92 bits per heavy atom. The second-order valence-electron chi connectivity index (χ2n) is 5.32. The van der Waals surface area contributed by atoms with Crippen LogP contribution in [0.3, 0.4) is 0 Å². The number of carbonyl (C=O) groups excluding carboxylic acids is 3. The molecule has 136 valence electrons. The quantitative estimate of drug-likeness (QED) is 0.245. The maximum absolute atomic E-state index is 11.8. The van der Waals surface area contributed by atoms with Crippen LogP contribution in [0.4, 0.5) is 0 Å². The van der Waals surface area contributed by atoms with E-state index >= 15 is 0 Å². The van der Waals surface area contributed by atoms with E-state index in [1.807, 2.05) is 0 Å². The summed E-state index contributed by atoms with van der Waals surface area (Å²) in [5.41, 5.74) is 5.33. The van der Waals surface area contributed by atoms with Crippen LogP contribution in [0, 0.1) is 5.92 Å². The molecule has 0 heterocycles. The van der Waals surface area contributed by atoms with E-state index in [0.717, 1.165) is 0 Å². The van der Waals surface area contributed by atoms with Gasteiger partial charge in [-0.05, 0) is 5.92 Å². The first-order valence-electron chi connectivity index (χ1n) is 7.08. The minimum Gasteiger partial charge on any atom is -0.481 e. The summed E-state index contributed by atoms with van der Waals surface area (Å²) in [6, 6.07) is -2.28. The van der Waals surface area contributed by atoms with E-state index in [2.05, 4.69) is 16.0 Å². The lowest BCUT2D eigenvalue weighted by Gasteiger charge is -2.21. The number of carboxylic acid groups (broad SMARTS) is 2. The molecule has 0 aliphatic carbocycles. The standard InChI is InChI=1S/C13H22N4O7/c1-6(2)11(13(24)16-5-10(21)22)17-8(18)4-15-12(23)7(14)3-9(19)20/h6-7,11H,3-5,14H2,1-2H3,(H,15,23)(H,16,24)(H,17,18)(H,19,20)(H,21,22). The molecule has 0 rings (SSSR count). The van der Waals surface area contributed by atoms with Gasteiger partial charge in [0.05, 0.1) is 19.0 Å². The molecule has 0 saturated carbocycles. The molecule has 0 aromatic carbocycles. The number of carbonyl (C=O) groups is 5. The normalized spacial score (nSPS) is 12.8. The fraction of sp³-hybridized carbons (Fsp3) is 0.615. The van der Waals surface area contributed by atoms with Crippen LogP contribution >= 0.6 is 0 Å². The Morgan fingerprint density at radius 1 is 0.917 bits per heavy atom. The third kappa shape index (κ3) is 8.68. The highest BCUT2D eigenvalue weighted by atomic mass is 16.4. The average Bonchev–Trinajstić information content (AvgIpc) is 2.46. The van der Waals surface area contributed by atoms with Crippen molar-refractivity contribution >= 4 is 29.7 Å². The predicted octanol–water partition coefficient (Wildman–Crippen LogP) is -2.75. The summed E-state index contributed by atoms with van der Waals surface area (Å²) in [5, 5.41) is 23.7. The Kier molecular flexibility index (Phi) is 9.02. The van der Waals surface area contributed by atoms with E-state index in [0.29, 0.717) is 0 Å². The van der Waals surface area contributed by atoms with Gasteiger partial charge < -0.3 is 31.9 Å². The molecule has 24 heavy (non-hydrogen) atoms. The van der Waals surface area contributed by atoms with Gasteiger partial charge in [-0.25, -0.2) is 0 Å². The molecule has 0 radical (unpaired) electrons. The van der Waals surface area contributed by atoms with E-state index in [1.165, 1.54) is 0 Å². The maximum atomic E-state index is 11.8. The van der Waals surface area contributed by atoms with Gasteiger partial charge in [0.15, 0.2) is 0 Å². The molecule has 0 aliphatic rings. The number of hydrogen-bond donors (Lipinski definition) is 6. The number of hydrogen-bond acceptors (Lipinski definition) is 6. The first-order valence-corrected chi connectivity index (χ1v) is 7.08. The van der Waals surface area contributed by atoms with Crippen molar-refractivity contribution in [3.05, 3.63) is 0 Å². The molecule has 0 aromatic rings. The number of nitrogens with two attached hydrogens (primary N) is 1. The minimum absolute atomic E-state index is 0.326. The van der Waals surface area contributed by atoms with Gasteiger partial charge in [-0.15, -0.1) is 0 Å². The number of amides is 3. The number of rotatable bonds is 10. The summed E-state index contributed by atoms with van der Waals surface area (Å²) < 4.78 is 0. The Labute approximate surface area is 138 Å². The van der Waals surface area contributed by atoms with Gasteiger partial charge in [0.1, 0.15) is 12.6 Å². The summed E-state index contributed by atoms with van der Waals surface area (Å²) in [6.45, 7) is 2.21. The molecular formula is C13H22N4O7. The highest BCUT2D eigenvalue weighted by Gasteiger charge is 2.25. The molecule has 3 amide bonds. The van der Waals surface area contributed by atoms with Crippen LogP contribution in [0.5, 0.6) is 0 Å². The third-order valence-electron chi connectivity index (χ3n) is 2.83. The van der Waals surface area contributed by atoms with E-state index in [9.17, 15) is 24.0 Å². The van der Waals surface area contributed by atoms with Crippen molar-refractivity contribution in [2.24, 2.45) is 11.7 Å². The molecule has 2 atom stereocenters. The van der Waals surface area contributed by atoms with Gasteiger partial charge >= 0.3 is 11.9 Å². The number of aliphatic carboxylic acids is 2. The van der Waals surface area contributed by atoms with Crippen LogP contribution in [0.1, 0.15) is 20.3 Å². The smallest absolute Gasteiger partial charge is 0.322 e. The Bertz CT molecular complexity index is 507. The Morgan fingerprint density at radius 2 is 1.46 bits per heavy atom. The zero-order chi connectivity index (χ0) is 18.9. The molecule has 2 unspecified atom stereocenters. The molecule has 0 saturated heterocycles. The van der Waals surface area contributed by atoms with Crippen LogP contribution in [-0.4, -0.2) is 65.0 Å². The predicted molar refractivity (Wildman–Crippen MR) is 80.7 cm³/mol. The Balaban J connectivity index is 4.48.